The van der Waals surface area contributed by atoms with Gasteiger partial charge in [-0.15, -0.1) is 0 Å². The molecular weight excluding hydrogens is 338 g/mol. The third-order valence-corrected chi connectivity index (χ3v) is 4.18. The molecule has 2 N–H and O–H groups in total. The van der Waals surface area contributed by atoms with Crippen molar-refractivity contribution in [1.82, 2.24) is 4.98 Å². The summed E-state index contributed by atoms with van der Waals surface area (Å²) in [7, 11) is 1.66. The van der Waals surface area contributed by atoms with Crippen molar-refractivity contribution >= 4 is 17.4 Å². The molecule has 0 aliphatic rings. The molecule has 5 heteroatoms. The molecule has 5 nitrogen and oxygen atoms in total. The van der Waals surface area contributed by atoms with Crippen molar-refractivity contribution in [2.75, 3.05) is 24.3 Å². The van der Waals surface area contributed by atoms with E-state index in [0.29, 0.717) is 5.56 Å². The first-order chi connectivity index (χ1) is 13.1. The quantitative estimate of drug-likeness (QED) is 0.658. The second-order valence-electron chi connectivity index (χ2n) is 6.28. The number of aryl methyl sites for hydroxylation is 1. The highest BCUT2D eigenvalue weighted by Gasteiger charge is 2.07. The molecular formula is C22H23N3O2. The molecule has 0 aliphatic carbocycles. The van der Waals surface area contributed by atoms with Gasteiger partial charge in [-0.2, -0.15) is 0 Å². The van der Waals surface area contributed by atoms with Gasteiger partial charge in [0, 0.05) is 18.4 Å². The van der Waals surface area contributed by atoms with E-state index in [2.05, 4.69) is 15.6 Å². The maximum Gasteiger partial charge on any atom is 0.257 e. The Morgan fingerprint density at radius 3 is 2.56 bits per heavy atom. The molecule has 1 aromatic heterocycles. The van der Waals surface area contributed by atoms with Gasteiger partial charge in [-0.05, 0) is 60.9 Å². The fourth-order valence-corrected chi connectivity index (χ4v) is 2.69. The smallest absolute Gasteiger partial charge is 0.257 e. The SMILES string of the molecule is COc1ccc(CCNc2ccc(C(=O)Nc3cccc(C)c3)cn2)cc1. The number of hydrogen-bond acceptors (Lipinski definition) is 4. The summed E-state index contributed by atoms with van der Waals surface area (Å²) >= 11 is 0. The number of carbonyl (C=O) groups excluding carboxylic acids is 1. The first kappa shape index (κ1) is 18.5. The first-order valence-corrected chi connectivity index (χ1v) is 8.85. The summed E-state index contributed by atoms with van der Waals surface area (Å²) < 4.78 is 5.16. The summed E-state index contributed by atoms with van der Waals surface area (Å²) in [5.74, 6) is 1.43. The monoisotopic (exact) mass is 361 g/mol. The number of nitrogens with zero attached hydrogens (tertiary/aromatic N) is 1. The lowest BCUT2D eigenvalue weighted by molar-refractivity contribution is 0.102. The Bertz CT molecular complexity index is 890. The first-order valence-electron chi connectivity index (χ1n) is 8.85. The van der Waals surface area contributed by atoms with Crippen molar-refractivity contribution in [2.45, 2.75) is 13.3 Å². The summed E-state index contributed by atoms with van der Waals surface area (Å²) in [5.41, 5.74) is 3.62. The van der Waals surface area contributed by atoms with E-state index >= 15 is 0 Å². The predicted molar refractivity (Wildman–Crippen MR) is 109 cm³/mol. The van der Waals surface area contributed by atoms with Crippen LogP contribution in [0.3, 0.4) is 0 Å². The van der Waals surface area contributed by atoms with Crippen LogP contribution < -0.4 is 15.4 Å². The van der Waals surface area contributed by atoms with Gasteiger partial charge < -0.3 is 15.4 Å². The number of methoxy groups -OCH3 is 1. The van der Waals surface area contributed by atoms with E-state index in [-0.39, 0.29) is 5.91 Å². The molecule has 1 heterocycles. The van der Waals surface area contributed by atoms with Gasteiger partial charge in [0.2, 0.25) is 0 Å². The van der Waals surface area contributed by atoms with Gasteiger partial charge in [0.25, 0.3) is 5.91 Å². The van der Waals surface area contributed by atoms with E-state index in [1.165, 1.54) is 5.56 Å². The molecule has 0 aliphatic heterocycles. The number of amides is 1. The molecule has 0 unspecified atom stereocenters. The van der Waals surface area contributed by atoms with Crippen LogP contribution in [0.2, 0.25) is 0 Å². The third-order valence-electron chi connectivity index (χ3n) is 4.18. The number of carbonyl (C=O) groups is 1. The molecule has 0 radical (unpaired) electrons. The molecule has 0 saturated heterocycles. The van der Waals surface area contributed by atoms with E-state index in [9.17, 15) is 4.79 Å². The van der Waals surface area contributed by atoms with E-state index in [4.69, 9.17) is 4.74 Å². The maximum absolute atomic E-state index is 12.3. The summed E-state index contributed by atoms with van der Waals surface area (Å²) in [5, 5.41) is 6.15. The van der Waals surface area contributed by atoms with Crippen LogP contribution in [0.5, 0.6) is 5.75 Å². The van der Waals surface area contributed by atoms with Crippen molar-refractivity contribution < 1.29 is 9.53 Å². The highest BCUT2D eigenvalue weighted by Crippen LogP contribution is 2.13. The molecule has 138 valence electrons. The minimum atomic E-state index is -0.169. The highest BCUT2D eigenvalue weighted by molar-refractivity contribution is 6.04. The van der Waals surface area contributed by atoms with Gasteiger partial charge in [-0.1, -0.05) is 24.3 Å². The van der Waals surface area contributed by atoms with Gasteiger partial charge >= 0.3 is 0 Å². The minimum absolute atomic E-state index is 0.169. The zero-order valence-corrected chi connectivity index (χ0v) is 15.5. The van der Waals surface area contributed by atoms with E-state index in [1.54, 1.807) is 19.4 Å². The highest BCUT2D eigenvalue weighted by atomic mass is 16.5. The third kappa shape index (κ3) is 5.31. The molecule has 0 spiro atoms. The Balaban J connectivity index is 1.51. The minimum Gasteiger partial charge on any atom is -0.497 e. The van der Waals surface area contributed by atoms with Crippen molar-refractivity contribution in [3.05, 3.63) is 83.6 Å². The van der Waals surface area contributed by atoms with Crippen LogP contribution in [-0.4, -0.2) is 24.5 Å². The van der Waals surface area contributed by atoms with Gasteiger partial charge in [0.1, 0.15) is 11.6 Å². The van der Waals surface area contributed by atoms with Crippen LogP contribution in [0.25, 0.3) is 0 Å². The van der Waals surface area contributed by atoms with Crippen molar-refractivity contribution in [2.24, 2.45) is 0 Å². The van der Waals surface area contributed by atoms with Crippen molar-refractivity contribution in [3.8, 4) is 5.75 Å². The molecule has 1 amide bonds. The van der Waals surface area contributed by atoms with Crippen LogP contribution >= 0.6 is 0 Å². The number of hydrogen-bond donors (Lipinski definition) is 2. The lowest BCUT2D eigenvalue weighted by Crippen LogP contribution is -2.13. The fourth-order valence-electron chi connectivity index (χ4n) is 2.69. The van der Waals surface area contributed by atoms with E-state index < -0.39 is 0 Å². The van der Waals surface area contributed by atoms with Crippen LogP contribution in [-0.2, 0) is 6.42 Å². The number of anilines is 2. The molecule has 0 fully saturated rings. The molecule has 27 heavy (non-hydrogen) atoms. The van der Waals surface area contributed by atoms with E-state index in [1.807, 2.05) is 61.5 Å². The summed E-state index contributed by atoms with van der Waals surface area (Å²) in [6.45, 7) is 2.75. The molecule has 3 rings (SSSR count). The zero-order chi connectivity index (χ0) is 19.1. The van der Waals surface area contributed by atoms with Gasteiger partial charge in [0.15, 0.2) is 0 Å². The Labute approximate surface area is 159 Å². The largest absolute Gasteiger partial charge is 0.497 e. The Morgan fingerprint density at radius 2 is 1.89 bits per heavy atom. The van der Waals surface area contributed by atoms with Crippen LogP contribution in [0.1, 0.15) is 21.5 Å². The number of rotatable bonds is 7. The number of nitrogens with one attached hydrogen (secondary N) is 2. The summed E-state index contributed by atoms with van der Waals surface area (Å²) in [4.78, 5) is 16.6. The Hall–Kier alpha value is -3.34. The topological polar surface area (TPSA) is 63.2 Å². The number of benzene rings is 2. The lowest BCUT2D eigenvalue weighted by Gasteiger charge is -2.08. The fraction of sp³-hybridized carbons (Fsp3) is 0.182. The van der Waals surface area contributed by atoms with Crippen LogP contribution in [0.15, 0.2) is 66.9 Å². The summed E-state index contributed by atoms with van der Waals surface area (Å²) in [6, 6.07) is 19.3. The zero-order valence-electron chi connectivity index (χ0n) is 15.5. The second-order valence-corrected chi connectivity index (χ2v) is 6.28. The number of pyridine rings is 1. The molecule has 3 aromatic rings. The van der Waals surface area contributed by atoms with Crippen LogP contribution in [0.4, 0.5) is 11.5 Å². The van der Waals surface area contributed by atoms with E-state index in [0.717, 1.165) is 35.8 Å². The Morgan fingerprint density at radius 1 is 1.07 bits per heavy atom. The maximum atomic E-state index is 12.3. The number of aromatic nitrogens is 1. The Kier molecular flexibility index (Phi) is 6.05. The average molecular weight is 361 g/mol. The van der Waals surface area contributed by atoms with Gasteiger partial charge in [-0.25, -0.2) is 4.98 Å². The lowest BCUT2D eigenvalue weighted by atomic mass is 10.1. The van der Waals surface area contributed by atoms with Crippen molar-refractivity contribution in [3.63, 3.8) is 0 Å². The number of ether oxygens (including phenoxy) is 1. The average Bonchev–Trinajstić information content (AvgIpc) is 2.69. The predicted octanol–water partition coefficient (Wildman–Crippen LogP) is 4.31. The molecule has 0 saturated carbocycles. The second kappa shape index (κ2) is 8.85. The van der Waals surface area contributed by atoms with Gasteiger partial charge in [-0.3, -0.25) is 4.79 Å². The van der Waals surface area contributed by atoms with Crippen LogP contribution in [0, 0.1) is 6.92 Å². The normalized spacial score (nSPS) is 10.3. The van der Waals surface area contributed by atoms with Gasteiger partial charge in [0.05, 0.1) is 12.7 Å². The van der Waals surface area contributed by atoms with Crippen molar-refractivity contribution in [1.29, 1.82) is 0 Å². The molecule has 0 bridgehead atoms. The molecule has 2 aromatic carbocycles. The summed E-state index contributed by atoms with van der Waals surface area (Å²) in [6.07, 6.45) is 2.46. The standard InChI is InChI=1S/C22H23N3O2/c1-16-4-3-5-19(14-16)25-22(26)18-8-11-21(24-15-18)23-13-12-17-6-9-20(27-2)10-7-17/h3-11,14-15H,12-13H2,1-2H3,(H,23,24)(H,25,26). The molecule has 0 atom stereocenters.